The second-order valence-electron chi connectivity index (χ2n) is 5.95. The van der Waals surface area contributed by atoms with E-state index in [0.29, 0.717) is 10.9 Å². The van der Waals surface area contributed by atoms with Gasteiger partial charge in [-0.1, -0.05) is 11.6 Å². The molecule has 4 rings (SSSR count). The molecule has 158 valence electrons. The highest BCUT2D eigenvalue weighted by atomic mass is 35.5. The smallest absolute Gasteiger partial charge is 0.320 e. The third-order valence-corrected chi connectivity index (χ3v) is 4.23. The molecule has 0 aliphatic heterocycles. The van der Waals surface area contributed by atoms with Crippen LogP contribution in [0.5, 0.6) is 0 Å². The number of carbonyl (C=O) groups excluding carboxylic acids is 1. The molecule has 0 fully saturated rings. The van der Waals surface area contributed by atoms with Gasteiger partial charge in [0.25, 0.3) is 5.91 Å². The summed E-state index contributed by atoms with van der Waals surface area (Å²) in [5.74, 6) is -2.03. The summed E-state index contributed by atoms with van der Waals surface area (Å²) in [4.78, 5) is 21.2. The van der Waals surface area contributed by atoms with Crippen molar-refractivity contribution in [3.8, 4) is 11.5 Å². The zero-order valence-corrected chi connectivity index (χ0v) is 15.8. The molecule has 0 aliphatic rings. The Morgan fingerprint density at radius 1 is 1.06 bits per heavy atom. The number of aromatic nitrogens is 7. The average Bonchev–Trinajstić information content (AvgIpc) is 3.38. The molecule has 0 bridgehead atoms. The van der Waals surface area contributed by atoms with Crippen molar-refractivity contribution in [2.24, 2.45) is 0 Å². The monoisotopic (exact) mass is 452 g/mol. The van der Waals surface area contributed by atoms with Gasteiger partial charge < -0.3 is 5.32 Å². The van der Waals surface area contributed by atoms with Crippen molar-refractivity contribution in [1.82, 2.24) is 34.7 Å². The summed E-state index contributed by atoms with van der Waals surface area (Å²) in [5, 5.41) is 13.6. The quantitative estimate of drug-likeness (QED) is 0.476. The Labute approximate surface area is 175 Å². The van der Waals surface area contributed by atoms with E-state index in [9.17, 15) is 22.4 Å². The van der Waals surface area contributed by atoms with Crippen LogP contribution < -0.4 is 5.32 Å². The first-order valence-corrected chi connectivity index (χ1v) is 8.72. The average molecular weight is 453 g/mol. The normalized spacial score (nSPS) is 11.5. The Morgan fingerprint density at radius 2 is 1.81 bits per heavy atom. The maximum Gasteiger partial charge on any atom is 0.434 e. The first kappa shape index (κ1) is 20.4. The Bertz CT molecular complexity index is 1260. The summed E-state index contributed by atoms with van der Waals surface area (Å²) in [6, 6.07) is 2.27. The van der Waals surface area contributed by atoms with E-state index in [0.717, 1.165) is 23.3 Å². The second kappa shape index (κ2) is 7.75. The van der Waals surface area contributed by atoms with Crippen molar-refractivity contribution in [3.05, 3.63) is 71.4 Å². The number of anilines is 1. The fourth-order valence-corrected chi connectivity index (χ4v) is 2.92. The van der Waals surface area contributed by atoms with Gasteiger partial charge in [0.15, 0.2) is 17.3 Å². The Balaban J connectivity index is 1.68. The zero-order chi connectivity index (χ0) is 22.2. The van der Waals surface area contributed by atoms with Crippen molar-refractivity contribution in [3.63, 3.8) is 0 Å². The number of rotatable bonds is 4. The van der Waals surface area contributed by atoms with Gasteiger partial charge in [-0.15, -0.1) is 4.80 Å². The molecule has 9 nitrogen and oxygen atoms in total. The third kappa shape index (κ3) is 3.94. The Kier molecular flexibility index (Phi) is 5.10. The van der Waals surface area contributed by atoms with Crippen LogP contribution in [-0.4, -0.2) is 40.6 Å². The maximum absolute atomic E-state index is 14.0. The predicted molar refractivity (Wildman–Crippen MR) is 98.4 cm³/mol. The lowest BCUT2D eigenvalue weighted by atomic mass is 10.2. The highest BCUT2D eigenvalue weighted by Gasteiger charge is 2.41. The van der Waals surface area contributed by atoms with Gasteiger partial charge in [-0.2, -0.15) is 28.5 Å². The van der Waals surface area contributed by atoms with Crippen molar-refractivity contribution < 1.29 is 22.4 Å². The lowest BCUT2D eigenvalue weighted by Crippen LogP contribution is -2.21. The van der Waals surface area contributed by atoms with Gasteiger partial charge in [0.05, 0.1) is 47.3 Å². The number of halogens is 5. The summed E-state index contributed by atoms with van der Waals surface area (Å²) in [6.07, 6.45) is 1.48. The molecule has 0 unspecified atom stereocenters. The minimum atomic E-state index is -5.01. The number of pyridine rings is 2. The number of hydrogen-bond acceptors (Lipinski definition) is 6. The van der Waals surface area contributed by atoms with Crippen LogP contribution in [0.1, 0.15) is 16.1 Å². The molecule has 0 radical (unpaired) electrons. The first-order valence-electron chi connectivity index (χ1n) is 8.34. The molecule has 0 aliphatic carbocycles. The Hall–Kier alpha value is -3.87. The fourth-order valence-electron chi connectivity index (χ4n) is 2.68. The van der Waals surface area contributed by atoms with Crippen LogP contribution in [0.4, 0.5) is 23.2 Å². The van der Waals surface area contributed by atoms with Crippen LogP contribution >= 0.6 is 11.6 Å². The first-order chi connectivity index (χ1) is 14.8. The van der Waals surface area contributed by atoms with Crippen LogP contribution in [-0.2, 0) is 6.18 Å². The fraction of sp³-hybridized carbons (Fsp3) is 0.0588. The topological polar surface area (TPSA) is 103 Å². The van der Waals surface area contributed by atoms with E-state index in [-0.39, 0.29) is 16.5 Å². The molecule has 4 aromatic rings. The summed E-state index contributed by atoms with van der Waals surface area (Å²) in [7, 11) is 0. The van der Waals surface area contributed by atoms with E-state index in [1.165, 1.54) is 24.7 Å². The molecule has 4 heterocycles. The van der Waals surface area contributed by atoms with Crippen molar-refractivity contribution in [1.29, 1.82) is 0 Å². The van der Waals surface area contributed by atoms with Gasteiger partial charge in [0, 0.05) is 6.20 Å². The van der Waals surface area contributed by atoms with Crippen LogP contribution in [0.2, 0.25) is 5.02 Å². The molecule has 14 heteroatoms. The standard InChI is InChI=1S/C17H9ClF4N8O/c18-11-5-9(6-24-15(11)30-25-3-4-26-30)28-16(31)10-7-27-29(14(10)17(20,21)22)13-1-2-23-8-12(13)19/h1-8H,(H,28,31). The number of nitrogens with zero attached hydrogens (tertiary/aromatic N) is 7. The van der Waals surface area contributed by atoms with Crippen LogP contribution in [0.3, 0.4) is 0 Å². The number of hydrogen-bond donors (Lipinski definition) is 1. The van der Waals surface area contributed by atoms with Crippen molar-refractivity contribution in [2.45, 2.75) is 6.18 Å². The van der Waals surface area contributed by atoms with E-state index in [1.54, 1.807) is 0 Å². The van der Waals surface area contributed by atoms with E-state index in [4.69, 9.17) is 11.6 Å². The molecule has 0 spiro atoms. The SMILES string of the molecule is O=C(Nc1cnc(-n2nccn2)c(Cl)c1)c1cnn(-c2ccncc2F)c1C(F)(F)F. The molecule has 0 aromatic carbocycles. The summed E-state index contributed by atoms with van der Waals surface area (Å²) in [5.41, 5.74) is -2.77. The Morgan fingerprint density at radius 3 is 2.45 bits per heavy atom. The summed E-state index contributed by atoms with van der Waals surface area (Å²) < 4.78 is 55.4. The van der Waals surface area contributed by atoms with E-state index in [1.807, 2.05) is 0 Å². The molecule has 0 saturated carbocycles. The van der Waals surface area contributed by atoms with E-state index < -0.39 is 34.8 Å². The molecule has 1 N–H and O–H groups in total. The maximum atomic E-state index is 14.0. The van der Waals surface area contributed by atoms with Gasteiger partial charge in [0.2, 0.25) is 0 Å². The minimum absolute atomic E-state index is 0.0156. The summed E-state index contributed by atoms with van der Waals surface area (Å²) >= 11 is 6.10. The number of carbonyl (C=O) groups is 1. The molecular weight excluding hydrogens is 444 g/mol. The van der Waals surface area contributed by atoms with Gasteiger partial charge >= 0.3 is 6.18 Å². The van der Waals surface area contributed by atoms with Crippen LogP contribution in [0.15, 0.2) is 49.3 Å². The van der Waals surface area contributed by atoms with Gasteiger partial charge in [-0.05, 0) is 12.1 Å². The molecule has 4 aromatic heterocycles. The zero-order valence-electron chi connectivity index (χ0n) is 15.0. The van der Waals surface area contributed by atoms with E-state index in [2.05, 4.69) is 30.6 Å². The number of nitrogens with one attached hydrogen (secondary N) is 1. The third-order valence-electron chi connectivity index (χ3n) is 3.95. The lowest BCUT2D eigenvalue weighted by molar-refractivity contribution is -0.143. The van der Waals surface area contributed by atoms with Crippen molar-refractivity contribution in [2.75, 3.05) is 5.32 Å². The largest absolute Gasteiger partial charge is 0.434 e. The highest BCUT2D eigenvalue weighted by molar-refractivity contribution is 6.32. The number of alkyl halides is 3. The lowest BCUT2D eigenvalue weighted by Gasteiger charge is -2.13. The van der Waals surface area contributed by atoms with Crippen LogP contribution in [0, 0.1) is 5.82 Å². The summed E-state index contributed by atoms with van der Waals surface area (Å²) in [6.45, 7) is 0. The van der Waals surface area contributed by atoms with Crippen LogP contribution in [0.25, 0.3) is 11.5 Å². The number of amides is 1. The minimum Gasteiger partial charge on any atom is -0.320 e. The van der Waals surface area contributed by atoms with Gasteiger partial charge in [0.1, 0.15) is 5.69 Å². The van der Waals surface area contributed by atoms with Gasteiger partial charge in [-0.3, -0.25) is 9.78 Å². The molecular formula is C17H9ClF4N8O. The molecule has 1 amide bonds. The molecule has 0 atom stereocenters. The second-order valence-corrected chi connectivity index (χ2v) is 6.35. The van der Waals surface area contributed by atoms with Crippen molar-refractivity contribution >= 4 is 23.2 Å². The highest BCUT2D eigenvalue weighted by Crippen LogP contribution is 2.34. The van der Waals surface area contributed by atoms with E-state index >= 15 is 0 Å². The molecule has 0 saturated heterocycles. The predicted octanol–water partition coefficient (Wildman–Crippen LogP) is 3.31. The molecule has 31 heavy (non-hydrogen) atoms. The van der Waals surface area contributed by atoms with Gasteiger partial charge in [-0.25, -0.2) is 14.1 Å².